The number of carbonyl (C=O) groups is 2. The minimum atomic E-state index is -1.00. The number of Topliss-reactive ketones (excluding diaryl/α,β-unsaturated/α-hetero) is 1. The molecule has 1 atom stereocenters. The zero-order chi connectivity index (χ0) is 24.0. The first kappa shape index (κ1) is 21.7. The van der Waals surface area contributed by atoms with Gasteiger partial charge >= 0.3 is 0 Å². The summed E-state index contributed by atoms with van der Waals surface area (Å²) in [4.78, 5) is 30.8. The number of hydrogen-bond acceptors (Lipinski definition) is 4. The predicted octanol–water partition coefficient (Wildman–Crippen LogP) is 5.60. The van der Waals surface area contributed by atoms with Crippen molar-refractivity contribution in [2.45, 2.75) is 6.04 Å². The third-order valence-corrected chi connectivity index (χ3v) is 6.18. The number of fused-ring (bicyclic) bond motifs is 1. The maximum Gasteiger partial charge on any atom is 0.300 e. The first-order valence-electron chi connectivity index (χ1n) is 10.4. The van der Waals surface area contributed by atoms with Crippen LogP contribution in [0.3, 0.4) is 0 Å². The number of para-hydroxylation sites is 1. The Bertz CT molecular complexity index is 1480. The Hall–Kier alpha value is -4.10. The van der Waals surface area contributed by atoms with Gasteiger partial charge in [0.1, 0.15) is 17.3 Å². The van der Waals surface area contributed by atoms with E-state index < -0.39 is 23.5 Å². The normalized spacial score (nSPS) is 17.5. The van der Waals surface area contributed by atoms with Crippen LogP contribution >= 0.6 is 11.6 Å². The molecule has 1 unspecified atom stereocenters. The molecule has 6 nitrogen and oxygen atoms in total. The Morgan fingerprint density at radius 1 is 1.09 bits per heavy atom. The van der Waals surface area contributed by atoms with Crippen LogP contribution in [-0.4, -0.2) is 28.9 Å². The van der Waals surface area contributed by atoms with Gasteiger partial charge in [0.2, 0.25) is 0 Å². The summed E-state index contributed by atoms with van der Waals surface area (Å²) in [5.41, 5.74) is 1.83. The van der Waals surface area contributed by atoms with Crippen LogP contribution in [0.1, 0.15) is 17.2 Å². The minimum Gasteiger partial charge on any atom is -0.507 e. The third-order valence-electron chi connectivity index (χ3n) is 5.89. The van der Waals surface area contributed by atoms with Crippen molar-refractivity contribution in [3.8, 4) is 5.75 Å². The molecule has 1 aliphatic heterocycles. The number of hydrogen-bond donors (Lipinski definition) is 2. The van der Waals surface area contributed by atoms with E-state index in [9.17, 15) is 19.1 Å². The molecule has 0 bridgehead atoms. The summed E-state index contributed by atoms with van der Waals surface area (Å²) in [6, 6.07) is 16.4. The van der Waals surface area contributed by atoms with Crippen LogP contribution in [0.15, 0.2) is 78.5 Å². The third kappa shape index (κ3) is 3.41. The molecular formula is C26H18ClFN2O4. The Kier molecular flexibility index (Phi) is 5.34. The molecule has 0 spiro atoms. The van der Waals surface area contributed by atoms with Crippen molar-refractivity contribution in [3.05, 3.63) is 100 Å². The summed E-state index contributed by atoms with van der Waals surface area (Å²) < 4.78 is 18.9. The molecule has 0 aliphatic carbocycles. The number of aliphatic hydroxyl groups excluding tert-OH is 1. The van der Waals surface area contributed by atoms with Crippen molar-refractivity contribution in [2.75, 3.05) is 12.0 Å². The maximum absolute atomic E-state index is 13.7. The van der Waals surface area contributed by atoms with E-state index in [1.54, 1.807) is 24.4 Å². The fraction of sp³-hybridized carbons (Fsp3) is 0.0769. The van der Waals surface area contributed by atoms with E-state index in [0.29, 0.717) is 28.0 Å². The van der Waals surface area contributed by atoms with Crippen molar-refractivity contribution in [3.63, 3.8) is 0 Å². The predicted molar refractivity (Wildman–Crippen MR) is 127 cm³/mol. The Balaban J connectivity index is 1.74. The van der Waals surface area contributed by atoms with Gasteiger partial charge in [0.15, 0.2) is 0 Å². The van der Waals surface area contributed by atoms with Gasteiger partial charge in [-0.1, -0.05) is 41.9 Å². The fourth-order valence-electron chi connectivity index (χ4n) is 4.28. The first-order valence-corrected chi connectivity index (χ1v) is 10.7. The van der Waals surface area contributed by atoms with E-state index in [0.717, 1.165) is 5.52 Å². The van der Waals surface area contributed by atoms with Crippen LogP contribution in [0.4, 0.5) is 10.1 Å². The summed E-state index contributed by atoms with van der Waals surface area (Å²) >= 11 is 6.29. The molecule has 1 amide bonds. The molecule has 4 aromatic rings. The average Bonchev–Trinajstić information content (AvgIpc) is 3.38. The molecule has 1 fully saturated rings. The van der Waals surface area contributed by atoms with Gasteiger partial charge in [-0.25, -0.2) is 4.39 Å². The van der Waals surface area contributed by atoms with Crippen LogP contribution < -0.4 is 9.64 Å². The molecule has 3 aromatic carbocycles. The van der Waals surface area contributed by atoms with Gasteiger partial charge in [-0.15, -0.1) is 0 Å². The Morgan fingerprint density at radius 3 is 2.53 bits per heavy atom. The number of nitrogens with zero attached hydrogens (tertiary/aromatic N) is 1. The van der Waals surface area contributed by atoms with Gasteiger partial charge in [0.05, 0.1) is 23.7 Å². The molecule has 5 rings (SSSR count). The van der Waals surface area contributed by atoms with Crippen molar-refractivity contribution in [1.29, 1.82) is 0 Å². The smallest absolute Gasteiger partial charge is 0.300 e. The van der Waals surface area contributed by atoms with Crippen LogP contribution in [0.2, 0.25) is 5.02 Å². The summed E-state index contributed by atoms with van der Waals surface area (Å²) in [5, 5.41) is 12.3. The molecule has 2 heterocycles. The molecule has 8 heteroatoms. The van der Waals surface area contributed by atoms with Crippen LogP contribution in [-0.2, 0) is 9.59 Å². The topological polar surface area (TPSA) is 82.6 Å². The summed E-state index contributed by atoms with van der Waals surface area (Å²) in [7, 11) is 1.47. The number of rotatable bonds is 4. The number of carbonyl (C=O) groups excluding carboxylic acids is 2. The van der Waals surface area contributed by atoms with Crippen molar-refractivity contribution >= 4 is 45.6 Å². The number of ketones is 1. The van der Waals surface area contributed by atoms with Gasteiger partial charge in [-0.3, -0.25) is 14.5 Å². The Labute approximate surface area is 198 Å². The van der Waals surface area contributed by atoms with Crippen molar-refractivity contribution in [1.82, 2.24) is 4.98 Å². The SMILES string of the molecule is COc1ccc(N2C(=O)C(=O)/C(=C(\O)c3c[nH]c4ccccc34)C2c2ccc(F)cc2)cc1Cl. The molecule has 34 heavy (non-hydrogen) atoms. The lowest BCUT2D eigenvalue weighted by Gasteiger charge is -2.25. The highest BCUT2D eigenvalue weighted by atomic mass is 35.5. The lowest BCUT2D eigenvalue weighted by molar-refractivity contribution is -0.132. The maximum atomic E-state index is 13.7. The molecule has 0 radical (unpaired) electrons. The lowest BCUT2D eigenvalue weighted by atomic mass is 9.95. The number of nitrogens with one attached hydrogen (secondary N) is 1. The van der Waals surface area contributed by atoms with E-state index in [1.165, 1.54) is 42.3 Å². The van der Waals surface area contributed by atoms with Crippen molar-refractivity contribution in [2.24, 2.45) is 0 Å². The molecular weight excluding hydrogens is 459 g/mol. The number of aliphatic hydroxyl groups is 1. The van der Waals surface area contributed by atoms with E-state index in [-0.39, 0.29) is 16.4 Å². The van der Waals surface area contributed by atoms with E-state index in [4.69, 9.17) is 16.3 Å². The fourth-order valence-corrected chi connectivity index (χ4v) is 4.53. The van der Waals surface area contributed by atoms with Crippen LogP contribution in [0.5, 0.6) is 5.75 Å². The highest BCUT2D eigenvalue weighted by Gasteiger charge is 2.47. The van der Waals surface area contributed by atoms with Crippen LogP contribution in [0.25, 0.3) is 16.7 Å². The summed E-state index contributed by atoms with van der Waals surface area (Å²) in [5.74, 6) is -2.09. The number of ether oxygens (including phenoxy) is 1. The minimum absolute atomic E-state index is 0.103. The van der Waals surface area contributed by atoms with E-state index in [2.05, 4.69) is 4.98 Å². The number of anilines is 1. The monoisotopic (exact) mass is 476 g/mol. The highest BCUT2D eigenvalue weighted by molar-refractivity contribution is 6.52. The molecule has 1 aromatic heterocycles. The molecule has 170 valence electrons. The Morgan fingerprint density at radius 2 is 1.82 bits per heavy atom. The number of benzene rings is 3. The second kappa shape index (κ2) is 8.35. The molecule has 1 aliphatic rings. The van der Waals surface area contributed by atoms with Gasteiger partial charge in [-0.2, -0.15) is 0 Å². The largest absolute Gasteiger partial charge is 0.507 e. The molecule has 0 saturated carbocycles. The number of H-pyrrole nitrogens is 1. The number of aromatic amines is 1. The van der Waals surface area contributed by atoms with E-state index in [1.807, 2.05) is 18.2 Å². The number of methoxy groups -OCH3 is 1. The van der Waals surface area contributed by atoms with Crippen molar-refractivity contribution < 1.29 is 23.8 Å². The molecule has 1 saturated heterocycles. The number of aromatic nitrogens is 1. The standard InChI is InChI=1S/C26H18ClFN2O4/c1-34-21-11-10-16(12-19(21)27)30-23(14-6-8-15(28)9-7-14)22(25(32)26(30)33)24(31)18-13-29-20-5-3-2-4-17(18)20/h2-13,23,29,31H,1H3/b24-22-. The van der Waals surface area contributed by atoms with E-state index >= 15 is 0 Å². The summed E-state index contributed by atoms with van der Waals surface area (Å²) in [6.45, 7) is 0. The zero-order valence-corrected chi connectivity index (χ0v) is 18.6. The van der Waals surface area contributed by atoms with Gasteiger partial charge in [0, 0.05) is 28.4 Å². The van der Waals surface area contributed by atoms with Crippen LogP contribution in [0, 0.1) is 5.82 Å². The zero-order valence-electron chi connectivity index (χ0n) is 17.9. The average molecular weight is 477 g/mol. The summed E-state index contributed by atoms with van der Waals surface area (Å²) in [6.07, 6.45) is 1.58. The highest BCUT2D eigenvalue weighted by Crippen LogP contribution is 2.44. The number of amides is 1. The lowest BCUT2D eigenvalue weighted by Crippen LogP contribution is -2.29. The van der Waals surface area contributed by atoms with Gasteiger partial charge in [-0.05, 0) is 42.0 Å². The first-order chi connectivity index (χ1) is 16.4. The molecule has 2 N–H and O–H groups in total. The second-order valence-electron chi connectivity index (χ2n) is 7.79. The van der Waals surface area contributed by atoms with Gasteiger partial charge < -0.3 is 14.8 Å². The number of halogens is 2. The second-order valence-corrected chi connectivity index (χ2v) is 8.19. The quantitative estimate of drug-likeness (QED) is 0.228. The van der Waals surface area contributed by atoms with Gasteiger partial charge in [0.25, 0.3) is 11.7 Å².